The number of carboxylic acid groups (broad SMARTS) is 1. The van der Waals surface area contributed by atoms with E-state index in [1.807, 2.05) is 24.3 Å². The summed E-state index contributed by atoms with van der Waals surface area (Å²) in [6, 6.07) is 7.75. The molecule has 1 amide bonds. The van der Waals surface area contributed by atoms with Crippen molar-refractivity contribution < 1.29 is 9.90 Å². The molecule has 1 aromatic carbocycles. The molecule has 1 rings (SSSR count). The molecule has 0 aliphatic rings. The Hall–Kier alpha value is -2.04. The minimum atomic E-state index is -0.957. The smallest absolute Gasteiger partial charge is 0.404 e. The van der Waals surface area contributed by atoms with E-state index >= 15 is 0 Å². The van der Waals surface area contributed by atoms with Crippen LogP contribution in [0.3, 0.4) is 0 Å². The van der Waals surface area contributed by atoms with Crippen molar-refractivity contribution in [2.24, 2.45) is 5.73 Å². The molecule has 5 heteroatoms. The van der Waals surface area contributed by atoms with Crippen LogP contribution in [0.4, 0.5) is 4.79 Å². The summed E-state index contributed by atoms with van der Waals surface area (Å²) in [5, 5.41) is 18.1. The van der Waals surface area contributed by atoms with Crippen LogP contribution < -0.4 is 11.1 Å². The maximum absolute atomic E-state index is 10.2. The molecule has 5 N–H and O–H groups in total. The van der Waals surface area contributed by atoms with Gasteiger partial charge in [-0.3, -0.25) is 5.41 Å². The molecule has 0 fully saturated rings. The van der Waals surface area contributed by atoms with Crippen molar-refractivity contribution in [1.82, 2.24) is 5.32 Å². The first-order valence-electron chi connectivity index (χ1n) is 6.49. The number of rotatable bonds is 8. The van der Waals surface area contributed by atoms with Crippen molar-refractivity contribution in [3.05, 3.63) is 35.4 Å². The average Bonchev–Trinajstić information content (AvgIpc) is 2.37. The molecule has 0 spiro atoms. The Bertz CT molecular complexity index is 432. The molecule has 0 saturated heterocycles. The largest absolute Gasteiger partial charge is 0.465 e. The number of amides is 1. The number of nitrogens with two attached hydrogens (primary N) is 1. The van der Waals surface area contributed by atoms with Crippen molar-refractivity contribution in [2.45, 2.75) is 32.1 Å². The summed E-state index contributed by atoms with van der Waals surface area (Å²) in [7, 11) is 0. The molecule has 0 saturated carbocycles. The number of hydrogen-bond donors (Lipinski definition) is 4. The standard InChI is InChI=1S/C14H21N3O2/c15-13(16)12-8-5-7-11(10-12)6-3-1-2-4-9-17-14(18)19/h5,7-8,10,17H,1-4,6,9H2,(H3,15,16)(H,18,19). The zero-order valence-corrected chi connectivity index (χ0v) is 11.0. The lowest BCUT2D eigenvalue weighted by molar-refractivity contribution is 0.194. The molecular weight excluding hydrogens is 242 g/mol. The van der Waals surface area contributed by atoms with Gasteiger partial charge in [0.25, 0.3) is 0 Å². The highest BCUT2D eigenvalue weighted by Gasteiger charge is 1.99. The summed E-state index contributed by atoms with van der Waals surface area (Å²) >= 11 is 0. The third-order valence-corrected chi connectivity index (χ3v) is 2.91. The second-order valence-electron chi connectivity index (χ2n) is 4.51. The number of aryl methyl sites for hydroxylation is 1. The second kappa shape index (κ2) is 8.13. The van der Waals surface area contributed by atoms with Crippen molar-refractivity contribution in [2.75, 3.05) is 6.54 Å². The number of nitrogens with one attached hydrogen (secondary N) is 2. The lowest BCUT2D eigenvalue weighted by atomic mass is 10.0. The van der Waals surface area contributed by atoms with Crippen LogP contribution in [-0.2, 0) is 6.42 Å². The Morgan fingerprint density at radius 1 is 1.26 bits per heavy atom. The van der Waals surface area contributed by atoms with Gasteiger partial charge in [0.1, 0.15) is 5.84 Å². The minimum Gasteiger partial charge on any atom is -0.465 e. The van der Waals surface area contributed by atoms with Crippen LogP contribution in [0.15, 0.2) is 24.3 Å². The quantitative estimate of drug-likeness (QED) is 0.329. The van der Waals surface area contributed by atoms with E-state index in [1.165, 1.54) is 5.56 Å². The normalized spacial score (nSPS) is 10.1. The Morgan fingerprint density at radius 2 is 2.00 bits per heavy atom. The molecule has 0 radical (unpaired) electrons. The van der Waals surface area contributed by atoms with Crippen LogP contribution in [0, 0.1) is 5.41 Å². The van der Waals surface area contributed by atoms with E-state index in [9.17, 15) is 4.79 Å². The van der Waals surface area contributed by atoms with Crippen molar-refractivity contribution in [3.63, 3.8) is 0 Å². The van der Waals surface area contributed by atoms with E-state index in [0.717, 1.165) is 37.7 Å². The monoisotopic (exact) mass is 263 g/mol. The summed E-state index contributed by atoms with van der Waals surface area (Å²) in [5.74, 6) is 0.0987. The van der Waals surface area contributed by atoms with Crippen LogP contribution in [0.5, 0.6) is 0 Å². The minimum absolute atomic E-state index is 0.0987. The van der Waals surface area contributed by atoms with Crippen molar-refractivity contribution in [3.8, 4) is 0 Å². The molecule has 0 atom stereocenters. The number of unbranched alkanes of at least 4 members (excludes halogenated alkanes) is 3. The fourth-order valence-electron chi connectivity index (χ4n) is 1.90. The van der Waals surface area contributed by atoms with Gasteiger partial charge in [-0.1, -0.05) is 31.0 Å². The summed E-state index contributed by atoms with van der Waals surface area (Å²) in [6.07, 6.45) is 4.04. The predicted octanol–water partition coefficient (Wildman–Crippen LogP) is 2.34. The maximum atomic E-state index is 10.2. The summed E-state index contributed by atoms with van der Waals surface area (Å²) in [6.45, 7) is 0.523. The fraction of sp³-hybridized carbons (Fsp3) is 0.429. The van der Waals surface area contributed by atoms with E-state index in [2.05, 4.69) is 5.32 Å². The third kappa shape index (κ3) is 6.45. The maximum Gasteiger partial charge on any atom is 0.404 e. The van der Waals surface area contributed by atoms with Gasteiger partial charge in [0.2, 0.25) is 0 Å². The summed E-state index contributed by atoms with van der Waals surface area (Å²) < 4.78 is 0. The zero-order valence-electron chi connectivity index (χ0n) is 11.0. The topological polar surface area (TPSA) is 99.2 Å². The highest BCUT2D eigenvalue weighted by molar-refractivity contribution is 5.95. The van der Waals surface area contributed by atoms with Crippen LogP contribution in [0.25, 0.3) is 0 Å². The first kappa shape index (κ1) is 15.0. The van der Waals surface area contributed by atoms with Crippen LogP contribution in [0.1, 0.15) is 36.8 Å². The van der Waals surface area contributed by atoms with E-state index in [0.29, 0.717) is 6.54 Å². The highest BCUT2D eigenvalue weighted by Crippen LogP contribution is 2.10. The summed E-state index contributed by atoms with van der Waals surface area (Å²) in [5.41, 5.74) is 7.40. The predicted molar refractivity (Wildman–Crippen MR) is 75.7 cm³/mol. The number of nitrogen functional groups attached to an aromatic ring is 1. The second-order valence-corrected chi connectivity index (χ2v) is 4.51. The lowest BCUT2D eigenvalue weighted by Gasteiger charge is -2.05. The number of benzene rings is 1. The number of carbonyl (C=O) groups is 1. The Labute approximate surface area is 113 Å². The van der Waals surface area contributed by atoms with E-state index in [4.69, 9.17) is 16.2 Å². The van der Waals surface area contributed by atoms with Gasteiger partial charge in [-0.25, -0.2) is 4.79 Å². The van der Waals surface area contributed by atoms with E-state index in [1.54, 1.807) is 0 Å². The number of hydrogen-bond acceptors (Lipinski definition) is 2. The van der Waals surface area contributed by atoms with Crippen LogP contribution in [0.2, 0.25) is 0 Å². The van der Waals surface area contributed by atoms with Gasteiger partial charge in [0.15, 0.2) is 0 Å². The average molecular weight is 263 g/mol. The first-order valence-corrected chi connectivity index (χ1v) is 6.49. The van der Waals surface area contributed by atoms with Gasteiger partial charge in [-0.15, -0.1) is 0 Å². The van der Waals surface area contributed by atoms with Gasteiger partial charge in [0, 0.05) is 12.1 Å². The molecule has 0 aromatic heterocycles. The Morgan fingerprint density at radius 3 is 2.68 bits per heavy atom. The molecule has 0 bridgehead atoms. The zero-order chi connectivity index (χ0) is 14.1. The molecule has 0 aliphatic heterocycles. The van der Waals surface area contributed by atoms with Crippen LogP contribution >= 0.6 is 0 Å². The van der Waals surface area contributed by atoms with Crippen molar-refractivity contribution >= 4 is 11.9 Å². The molecule has 104 valence electrons. The van der Waals surface area contributed by atoms with Crippen molar-refractivity contribution in [1.29, 1.82) is 5.41 Å². The third-order valence-electron chi connectivity index (χ3n) is 2.91. The first-order chi connectivity index (χ1) is 9.09. The fourth-order valence-corrected chi connectivity index (χ4v) is 1.90. The van der Waals surface area contributed by atoms with Crippen LogP contribution in [-0.4, -0.2) is 23.6 Å². The molecule has 0 heterocycles. The molecule has 0 aliphatic carbocycles. The van der Waals surface area contributed by atoms with Gasteiger partial charge in [-0.05, 0) is 30.9 Å². The van der Waals surface area contributed by atoms with Gasteiger partial charge >= 0.3 is 6.09 Å². The highest BCUT2D eigenvalue weighted by atomic mass is 16.4. The SMILES string of the molecule is N=C(N)c1cccc(CCCCCCNC(=O)O)c1. The lowest BCUT2D eigenvalue weighted by Crippen LogP contribution is -2.21. The Kier molecular flexibility index (Phi) is 6.43. The molecule has 1 aromatic rings. The number of amidine groups is 1. The molecular formula is C14H21N3O2. The van der Waals surface area contributed by atoms with Gasteiger partial charge < -0.3 is 16.2 Å². The molecule has 5 nitrogen and oxygen atoms in total. The van der Waals surface area contributed by atoms with Gasteiger partial charge in [0.05, 0.1) is 0 Å². The molecule has 0 unspecified atom stereocenters. The Balaban J connectivity index is 2.17. The molecule has 19 heavy (non-hydrogen) atoms. The van der Waals surface area contributed by atoms with E-state index < -0.39 is 6.09 Å². The van der Waals surface area contributed by atoms with Gasteiger partial charge in [-0.2, -0.15) is 0 Å². The van der Waals surface area contributed by atoms with E-state index in [-0.39, 0.29) is 5.84 Å². The summed E-state index contributed by atoms with van der Waals surface area (Å²) in [4.78, 5) is 10.2.